The summed E-state index contributed by atoms with van der Waals surface area (Å²) < 4.78 is 0. The van der Waals surface area contributed by atoms with E-state index in [0.29, 0.717) is 5.13 Å². The minimum absolute atomic E-state index is 0.00210. The van der Waals surface area contributed by atoms with Gasteiger partial charge in [-0.25, -0.2) is 0 Å². The van der Waals surface area contributed by atoms with E-state index in [4.69, 9.17) is 0 Å². The molecule has 3 rings (SSSR count). The van der Waals surface area contributed by atoms with Gasteiger partial charge in [0.25, 0.3) is 0 Å². The van der Waals surface area contributed by atoms with Crippen LogP contribution in [0.25, 0.3) is 0 Å². The number of amides is 1. The summed E-state index contributed by atoms with van der Waals surface area (Å²) in [6.07, 6.45) is 7.04. The zero-order chi connectivity index (χ0) is 16.1. The highest BCUT2D eigenvalue weighted by Gasteiger charge is 2.21. The van der Waals surface area contributed by atoms with Crippen LogP contribution in [0, 0.1) is 5.92 Å². The van der Waals surface area contributed by atoms with E-state index >= 15 is 0 Å². The number of hydrogen-bond donors (Lipinski definition) is 1. The van der Waals surface area contributed by atoms with E-state index in [0.717, 1.165) is 29.3 Å². The number of nitrogens with one attached hydrogen (secondary N) is 1. The molecule has 1 atom stereocenters. The summed E-state index contributed by atoms with van der Waals surface area (Å²) in [5, 5.41) is 13.0. The normalized spacial score (nSPS) is 16.4. The molecule has 4 nitrogen and oxygen atoms in total. The predicted molar refractivity (Wildman–Crippen MR) is 93.7 cm³/mol. The summed E-state index contributed by atoms with van der Waals surface area (Å²) in [7, 11) is 0. The van der Waals surface area contributed by atoms with Gasteiger partial charge in [-0.05, 0) is 17.9 Å². The molecule has 5 heteroatoms. The third-order valence-electron chi connectivity index (χ3n) is 4.56. The summed E-state index contributed by atoms with van der Waals surface area (Å²) in [4.78, 5) is 12.5. The summed E-state index contributed by atoms with van der Waals surface area (Å²) in [6.45, 7) is 2.03. The Morgan fingerprint density at radius 3 is 2.70 bits per heavy atom. The van der Waals surface area contributed by atoms with Crippen molar-refractivity contribution in [2.24, 2.45) is 5.92 Å². The van der Waals surface area contributed by atoms with Gasteiger partial charge in [-0.3, -0.25) is 10.1 Å². The highest BCUT2D eigenvalue weighted by molar-refractivity contribution is 7.15. The second-order valence-electron chi connectivity index (χ2n) is 6.22. The molecule has 1 aliphatic carbocycles. The van der Waals surface area contributed by atoms with E-state index < -0.39 is 0 Å². The molecule has 122 valence electrons. The Morgan fingerprint density at radius 1 is 1.26 bits per heavy atom. The lowest BCUT2D eigenvalue weighted by Gasteiger charge is -2.13. The van der Waals surface area contributed by atoms with Crippen molar-refractivity contribution in [3.05, 3.63) is 40.9 Å². The number of carbonyl (C=O) groups is 1. The van der Waals surface area contributed by atoms with E-state index in [-0.39, 0.29) is 11.8 Å². The number of nitrogens with zero attached hydrogens (tertiary/aromatic N) is 2. The Kier molecular flexibility index (Phi) is 5.39. The van der Waals surface area contributed by atoms with Crippen molar-refractivity contribution in [1.29, 1.82) is 0 Å². The van der Waals surface area contributed by atoms with Crippen LogP contribution in [0.3, 0.4) is 0 Å². The monoisotopic (exact) mass is 329 g/mol. The van der Waals surface area contributed by atoms with Gasteiger partial charge < -0.3 is 0 Å². The minimum atomic E-state index is -0.140. The smallest absolute Gasteiger partial charge is 0.233 e. The van der Waals surface area contributed by atoms with E-state index in [2.05, 4.69) is 15.5 Å². The Balaban J connectivity index is 1.61. The first-order valence-corrected chi connectivity index (χ1v) is 9.26. The van der Waals surface area contributed by atoms with Gasteiger partial charge in [0, 0.05) is 6.42 Å². The van der Waals surface area contributed by atoms with Gasteiger partial charge in [0.2, 0.25) is 11.0 Å². The molecule has 1 aromatic carbocycles. The summed E-state index contributed by atoms with van der Waals surface area (Å²) >= 11 is 1.52. The van der Waals surface area contributed by atoms with E-state index in [1.807, 2.05) is 37.3 Å². The van der Waals surface area contributed by atoms with Crippen LogP contribution >= 0.6 is 11.3 Å². The average molecular weight is 329 g/mol. The second kappa shape index (κ2) is 7.68. The lowest BCUT2D eigenvalue weighted by atomic mass is 9.96. The van der Waals surface area contributed by atoms with Crippen LogP contribution in [-0.2, 0) is 11.2 Å². The maximum absolute atomic E-state index is 12.5. The summed E-state index contributed by atoms with van der Waals surface area (Å²) in [5.74, 6) is 0.611. The molecule has 1 fully saturated rings. The summed E-state index contributed by atoms with van der Waals surface area (Å²) in [6, 6.07) is 9.90. The number of rotatable bonds is 6. The standard InChI is InChI=1S/C18H23N3OS/c1-2-15(14-10-4-3-5-11-14)17(22)19-18-21-20-16(23-18)12-13-8-6-7-9-13/h3-5,10-11,13,15H,2,6-9,12H2,1H3,(H,19,21,22)/t15-/m0/s1. The van der Waals surface area contributed by atoms with Gasteiger partial charge in [0.05, 0.1) is 5.92 Å². The fraction of sp³-hybridized carbons (Fsp3) is 0.500. The first-order valence-electron chi connectivity index (χ1n) is 8.44. The molecule has 2 aromatic rings. The lowest BCUT2D eigenvalue weighted by molar-refractivity contribution is -0.117. The third kappa shape index (κ3) is 4.16. The Morgan fingerprint density at radius 2 is 2.00 bits per heavy atom. The molecule has 1 aliphatic rings. The van der Waals surface area contributed by atoms with Crippen molar-refractivity contribution in [3.63, 3.8) is 0 Å². The third-order valence-corrected chi connectivity index (χ3v) is 5.42. The number of aromatic nitrogens is 2. The molecular weight excluding hydrogens is 306 g/mol. The molecule has 1 aromatic heterocycles. The predicted octanol–water partition coefficient (Wildman–Crippen LogP) is 4.40. The SMILES string of the molecule is CC[C@H](C(=O)Nc1nnc(CC2CCCC2)s1)c1ccccc1. The van der Waals surface area contributed by atoms with Gasteiger partial charge >= 0.3 is 0 Å². The molecule has 0 aliphatic heterocycles. The van der Waals surface area contributed by atoms with Crippen LogP contribution < -0.4 is 5.32 Å². The molecule has 1 heterocycles. The minimum Gasteiger partial charge on any atom is -0.300 e. The van der Waals surface area contributed by atoms with Gasteiger partial charge in [-0.1, -0.05) is 74.3 Å². The van der Waals surface area contributed by atoms with Gasteiger partial charge in [0.15, 0.2) is 0 Å². The van der Waals surface area contributed by atoms with E-state index in [1.54, 1.807) is 0 Å². The zero-order valence-electron chi connectivity index (χ0n) is 13.5. The molecule has 1 amide bonds. The average Bonchev–Trinajstić information content (AvgIpc) is 3.22. The topological polar surface area (TPSA) is 54.9 Å². The highest BCUT2D eigenvalue weighted by Crippen LogP contribution is 2.30. The van der Waals surface area contributed by atoms with Crippen LogP contribution in [0.15, 0.2) is 30.3 Å². The maximum atomic E-state index is 12.5. The first-order chi connectivity index (χ1) is 11.3. The van der Waals surface area contributed by atoms with Crippen molar-refractivity contribution in [2.75, 3.05) is 5.32 Å². The summed E-state index contributed by atoms with van der Waals surface area (Å²) in [5.41, 5.74) is 1.04. The Hall–Kier alpha value is -1.75. The molecular formula is C18H23N3OS. The van der Waals surface area contributed by atoms with Crippen molar-refractivity contribution in [3.8, 4) is 0 Å². The fourth-order valence-corrected chi connectivity index (χ4v) is 4.16. The number of hydrogen-bond acceptors (Lipinski definition) is 4. The molecule has 0 unspecified atom stereocenters. The molecule has 1 N–H and O–H groups in total. The van der Waals surface area contributed by atoms with Gasteiger partial charge in [-0.2, -0.15) is 0 Å². The zero-order valence-corrected chi connectivity index (χ0v) is 14.3. The van der Waals surface area contributed by atoms with Gasteiger partial charge in [0.1, 0.15) is 5.01 Å². The number of anilines is 1. The lowest BCUT2D eigenvalue weighted by Crippen LogP contribution is -2.20. The van der Waals surface area contributed by atoms with Gasteiger partial charge in [-0.15, -0.1) is 10.2 Å². The quantitative estimate of drug-likeness (QED) is 0.854. The van der Waals surface area contributed by atoms with Crippen molar-refractivity contribution < 1.29 is 4.79 Å². The number of carbonyl (C=O) groups excluding carboxylic acids is 1. The van der Waals surface area contributed by atoms with Crippen molar-refractivity contribution in [2.45, 2.75) is 51.4 Å². The van der Waals surface area contributed by atoms with Crippen molar-refractivity contribution >= 4 is 22.4 Å². The second-order valence-corrected chi connectivity index (χ2v) is 7.28. The largest absolute Gasteiger partial charge is 0.300 e. The van der Waals surface area contributed by atoms with E-state index in [1.165, 1.54) is 37.0 Å². The van der Waals surface area contributed by atoms with E-state index in [9.17, 15) is 4.79 Å². The molecule has 0 saturated heterocycles. The maximum Gasteiger partial charge on any atom is 0.233 e. The highest BCUT2D eigenvalue weighted by atomic mass is 32.1. The van der Waals surface area contributed by atoms with Crippen LogP contribution in [0.1, 0.15) is 55.5 Å². The van der Waals surface area contributed by atoms with Crippen molar-refractivity contribution in [1.82, 2.24) is 10.2 Å². The number of benzene rings is 1. The fourth-order valence-electron chi connectivity index (χ4n) is 3.30. The molecule has 0 spiro atoms. The molecule has 23 heavy (non-hydrogen) atoms. The van der Waals surface area contributed by atoms with Crippen LogP contribution in [0.5, 0.6) is 0 Å². The van der Waals surface area contributed by atoms with Crippen LogP contribution in [-0.4, -0.2) is 16.1 Å². The molecule has 0 bridgehead atoms. The van der Waals surface area contributed by atoms with Crippen LogP contribution in [0.4, 0.5) is 5.13 Å². The van der Waals surface area contributed by atoms with Crippen LogP contribution in [0.2, 0.25) is 0 Å². The molecule has 1 saturated carbocycles. The molecule has 0 radical (unpaired) electrons. The first kappa shape index (κ1) is 16.1. The Labute approximate surface area is 141 Å². The Bertz CT molecular complexity index is 635.